The van der Waals surface area contributed by atoms with Crippen LogP contribution in [0.25, 0.3) is 12.2 Å². The molecule has 2 atom stereocenters. The summed E-state index contributed by atoms with van der Waals surface area (Å²) in [6, 6.07) is 26.9. The van der Waals surface area contributed by atoms with Crippen molar-refractivity contribution in [2.75, 3.05) is 34.5 Å². The second-order valence-electron chi connectivity index (χ2n) is 13.4. The van der Waals surface area contributed by atoms with Gasteiger partial charge in [0.15, 0.2) is 0 Å². The third kappa shape index (κ3) is 15.2. The molecule has 22 heteroatoms. The fourth-order valence-corrected chi connectivity index (χ4v) is 8.87. The summed E-state index contributed by atoms with van der Waals surface area (Å²) in [6.45, 7) is 3.36. The number of hydrogen-bond acceptors (Lipinski definition) is 16. The molecule has 0 bridgehead atoms. The first-order valence-corrected chi connectivity index (χ1v) is 22.8. The molecule has 2 unspecified atom stereocenters. The van der Waals surface area contributed by atoms with Crippen molar-refractivity contribution in [2.24, 2.45) is 0 Å². The van der Waals surface area contributed by atoms with Crippen molar-refractivity contribution in [2.45, 2.75) is 35.7 Å². The third-order valence-corrected chi connectivity index (χ3v) is 11.9. The van der Waals surface area contributed by atoms with Crippen molar-refractivity contribution in [1.29, 1.82) is 0 Å². The first-order chi connectivity index (χ1) is 28.6. The number of nitrogens with zero attached hydrogens (tertiary/aromatic N) is 2. The number of aliphatic hydroxyl groups is 2. The zero-order chi connectivity index (χ0) is 42.9. The summed E-state index contributed by atoms with van der Waals surface area (Å²) in [7, 11) is -9.59. The second kappa shape index (κ2) is 23.6. The number of thioether (sulfide) groups is 2. The van der Waals surface area contributed by atoms with Crippen molar-refractivity contribution >= 4 is 138 Å². The van der Waals surface area contributed by atoms with Gasteiger partial charge < -0.3 is 31.5 Å². The molecule has 62 heavy (non-hydrogen) atoms. The van der Waals surface area contributed by atoms with Crippen LogP contribution in [0.15, 0.2) is 152 Å². The van der Waals surface area contributed by atoms with Gasteiger partial charge in [0, 0.05) is 34.8 Å². The van der Waals surface area contributed by atoms with Gasteiger partial charge in [-0.05, 0) is 73.5 Å². The molecule has 10 N–H and O–H groups in total. The molecule has 0 saturated carbocycles. The van der Waals surface area contributed by atoms with Crippen LogP contribution in [0.1, 0.15) is 25.0 Å². The van der Waals surface area contributed by atoms with E-state index in [1.807, 2.05) is 60.7 Å². The van der Waals surface area contributed by atoms with Gasteiger partial charge in [-0.15, -0.1) is 0 Å². The average molecular weight is 941 g/mol. The van der Waals surface area contributed by atoms with Crippen LogP contribution in [0, 0.1) is 0 Å². The van der Waals surface area contributed by atoms with E-state index in [-0.39, 0.29) is 95.5 Å². The second-order valence-corrected chi connectivity index (χ2v) is 18.4. The Hall–Kier alpha value is -3.26. The Bertz CT molecular complexity index is 2380. The molecule has 0 amide bonds. The molecule has 0 fully saturated rings. The zero-order valence-electron chi connectivity index (χ0n) is 32.2. The number of rotatable bonds is 18. The van der Waals surface area contributed by atoms with Crippen LogP contribution < -0.4 is 32.1 Å². The zero-order valence-corrected chi connectivity index (χ0v) is 35.5. The van der Waals surface area contributed by atoms with Crippen molar-refractivity contribution in [3.63, 3.8) is 0 Å². The predicted molar refractivity (Wildman–Crippen MR) is 254 cm³/mol. The van der Waals surface area contributed by atoms with Crippen LogP contribution in [0.3, 0.4) is 0 Å². The minimum absolute atomic E-state index is 0. The molecule has 16 nitrogen and oxygen atoms in total. The fraction of sp³-hybridized carbons (Fsp3) is 0.150. The summed E-state index contributed by atoms with van der Waals surface area (Å²) >= 11 is 2.65. The van der Waals surface area contributed by atoms with Crippen LogP contribution >= 0.6 is 23.5 Å². The Morgan fingerprint density at radius 2 is 0.855 bits per heavy atom. The molecular formula is C40H46N8Na2O8S4. The quantitative estimate of drug-likeness (QED) is 0.0353. The van der Waals surface area contributed by atoms with Gasteiger partial charge in [-0.1, -0.05) is 84.2 Å². The molecule has 0 radical (unpaired) electrons. The molecule has 6 rings (SSSR count). The summed E-state index contributed by atoms with van der Waals surface area (Å²) in [5.74, 6) is 0. The Balaban J connectivity index is 0.00000422. The summed E-state index contributed by atoms with van der Waals surface area (Å²) < 4.78 is 71.3. The summed E-state index contributed by atoms with van der Waals surface area (Å²) in [5, 5.41) is 38.1. The number of anilines is 4. The molecule has 0 aromatic heterocycles. The Morgan fingerprint density at radius 3 is 1.16 bits per heavy atom. The van der Waals surface area contributed by atoms with Crippen LogP contribution in [-0.2, 0) is 20.2 Å². The molecule has 0 saturated heterocycles. The number of para-hydroxylation sites is 2. The summed E-state index contributed by atoms with van der Waals surface area (Å²) in [5.41, 5.74) is 8.66. The van der Waals surface area contributed by atoms with Crippen LogP contribution in [0.5, 0.6) is 0 Å². The monoisotopic (exact) mass is 940 g/mol. The molecule has 0 aliphatic carbocycles. The molecule has 2 heterocycles. The molecule has 0 spiro atoms. The van der Waals surface area contributed by atoms with Crippen molar-refractivity contribution in [1.82, 2.24) is 20.9 Å². The Labute approximate surface area is 414 Å². The van der Waals surface area contributed by atoms with Gasteiger partial charge >= 0.3 is 59.1 Å². The van der Waals surface area contributed by atoms with Gasteiger partial charge in [0.1, 0.15) is 9.79 Å². The van der Waals surface area contributed by atoms with Gasteiger partial charge in [-0.2, -0.15) is 16.8 Å². The molecule has 4 aromatic carbocycles. The maximum absolute atomic E-state index is 12.7. The Morgan fingerprint density at radius 1 is 0.532 bits per heavy atom. The van der Waals surface area contributed by atoms with E-state index in [1.54, 1.807) is 60.8 Å². The predicted octanol–water partition coefficient (Wildman–Crippen LogP) is 5.17. The molecule has 320 valence electrons. The van der Waals surface area contributed by atoms with E-state index in [0.717, 1.165) is 11.4 Å². The number of aliphatic hydroxyl groups excluding tert-OH is 2. The third-order valence-electron chi connectivity index (χ3n) is 8.39. The van der Waals surface area contributed by atoms with E-state index in [1.165, 1.54) is 59.9 Å². The van der Waals surface area contributed by atoms with E-state index in [4.69, 9.17) is 0 Å². The molecule has 2 aliphatic heterocycles. The number of hydrazine groups is 2. The first-order valence-electron chi connectivity index (χ1n) is 18.3. The number of hydrogen-bond donors (Lipinski definition) is 10. The maximum atomic E-state index is 12.7. The van der Waals surface area contributed by atoms with Gasteiger partial charge in [0.25, 0.3) is 20.2 Å². The van der Waals surface area contributed by atoms with E-state index in [2.05, 4.69) is 32.1 Å². The van der Waals surface area contributed by atoms with Gasteiger partial charge in [0.05, 0.1) is 58.1 Å². The van der Waals surface area contributed by atoms with Crippen molar-refractivity contribution in [3.05, 3.63) is 153 Å². The summed E-state index contributed by atoms with van der Waals surface area (Å²) in [6.07, 6.45) is 9.67. The van der Waals surface area contributed by atoms with Crippen LogP contribution in [0.4, 0.5) is 22.7 Å². The normalized spacial score (nSPS) is 15.2. The van der Waals surface area contributed by atoms with E-state index >= 15 is 0 Å². The molecule has 4 aromatic rings. The SMILES string of the molecule is CC(CO)NN1C=C(Nc2ccccc2)SC(Nc2ccc(C=Cc3ccc(NC4=CN(NC(C)CO)C=C(Nc5ccccc5)S4)cc3S(=O)(=O)O)c(S(=O)(=O)O)c2)=C1.[NaH].[NaH]. The van der Waals surface area contributed by atoms with Crippen molar-refractivity contribution < 1.29 is 36.2 Å². The average Bonchev–Trinajstić information content (AvgIpc) is 3.20. The fourth-order valence-electron chi connectivity index (χ4n) is 5.63. The van der Waals surface area contributed by atoms with E-state index < -0.39 is 30.0 Å². The van der Waals surface area contributed by atoms with Gasteiger partial charge in [0.2, 0.25) is 0 Å². The van der Waals surface area contributed by atoms with E-state index in [9.17, 15) is 36.2 Å². The van der Waals surface area contributed by atoms with Crippen LogP contribution in [-0.4, -0.2) is 131 Å². The van der Waals surface area contributed by atoms with E-state index in [0.29, 0.717) is 31.5 Å². The standard InChI is InChI=1S/C40H44N8O8S4.2Na.2H/c1-27(25-49)45-47-21-37(41-31-9-5-3-6-10-31)57-39(23-47)43-33-17-15-29(35(19-33)59(51,52)53)13-14-30-16-18-34(20-36(30)60(54,55)56)44-40-24-48(46-28(2)26-50)22-38(58-40)42-32-11-7-4-8-12-32;;;;/h3-24,27-28,41-46,49-50H,25-26H2,1-2H3,(H,51,52,53)(H,54,55,56);;;;. The van der Waals surface area contributed by atoms with Crippen molar-refractivity contribution in [3.8, 4) is 0 Å². The first kappa shape index (κ1) is 51.4. The molecule has 2 aliphatic rings. The topological polar surface area (TPSA) is 228 Å². The summed E-state index contributed by atoms with van der Waals surface area (Å²) in [4.78, 5) is -0.913. The van der Waals surface area contributed by atoms with Crippen LogP contribution in [0.2, 0.25) is 0 Å². The van der Waals surface area contributed by atoms with Gasteiger partial charge in [-0.3, -0.25) is 19.1 Å². The minimum atomic E-state index is -4.79. The van der Waals surface area contributed by atoms with Gasteiger partial charge in [-0.25, -0.2) is 10.9 Å². The number of benzene rings is 4. The molecular weight excluding hydrogens is 895 g/mol. The number of nitrogens with one attached hydrogen (secondary N) is 6. The Kier molecular flexibility index (Phi) is 19.6.